The summed E-state index contributed by atoms with van der Waals surface area (Å²) in [6.07, 6.45) is 1.12. The van der Waals surface area contributed by atoms with Crippen molar-refractivity contribution in [2.24, 2.45) is 0 Å². The van der Waals surface area contributed by atoms with Gasteiger partial charge in [-0.2, -0.15) is 0 Å². The van der Waals surface area contributed by atoms with Crippen LogP contribution in [-0.4, -0.2) is 48.7 Å². The number of ether oxygens (including phenoxy) is 1. The molecular weight excluding hydrogens is 180 g/mol. The first kappa shape index (κ1) is 9.93. The van der Waals surface area contributed by atoms with Gasteiger partial charge in [0.05, 0.1) is 18.2 Å². The lowest BCUT2D eigenvalue weighted by Crippen LogP contribution is -2.60. The molecular formula is C10H18N2O2. The average molecular weight is 198 g/mol. The summed E-state index contributed by atoms with van der Waals surface area (Å²) in [5.41, 5.74) is -0.0841. The second-order valence-electron chi connectivity index (χ2n) is 4.34. The molecule has 0 radical (unpaired) electrons. The molecule has 4 nitrogen and oxygen atoms in total. The van der Waals surface area contributed by atoms with Crippen LogP contribution in [0.5, 0.6) is 0 Å². The molecule has 0 aliphatic carbocycles. The van der Waals surface area contributed by atoms with E-state index < -0.39 is 0 Å². The Morgan fingerprint density at radius 2 is 2.43 bits per heavy atom. The van der Waals surface area contributed by atoms with Crippen LogP contribution in [0.2, 0.25) is 0 Å². The van der Waals surface area contributed by atoms with Gasteiger partial charge < -0.3 is 15.0 Å². The van der Waals surface area contributed by atoms with Gasteiger partial charge in [-0.15, -0.1) is 0 Å². The third-order valence-corrected chi connectivity index (χ3v) is 3.56. The predicted molar refractivity (Wildman–Crippen MR) is 53.0 cm³/mol. The number of hydrogen-bond acceptors (Lipinski definition) is 3. The molecule has 0 bridgehead atoms. The van der Waals surface area contributed by atoms with Crippen LogP contribution in [0.15, 0.2) is 0 Å². The molecule has 2 saturated heterocycles. The van der Waals surface area contributed by atoms with E-state index in [1.54, 1.807) is 0 Å². The molecule has 1 N–H and O–H groups in total. The van der Waals surface area contributed by atoms with E-state index >= 15 is 0 Å². The van der Waals surface area contributed by atoms with Crippen LogP contribution in [0.3, 0.4) is 0 Å². The summed E-state index contributed by atoms with van der Waals surface area (Å²) in [6, 6.07) is 0. The Labute approximate surface area is 84.6 Å². The molecule has 0 aromatic heterocycles. The standard InChI is InChI=1S/C10H18N2O2/c1-8-10(2,3-6-14-8)12-5-4-11-7-9(12)13/h8,11H,3-7H2,1-2H3. The van der Waals surface area contributed by atoms with Gasteiger partial charge in [0.2, 0.25) is 5.91 Å². The number of carbonyl (C=O) groups is 1. The maximum Gasteiger partial charge on any atom is 0.237 e. The van der Waals surface area contributed by atoms with Gasteiger partial charge in [-0.3, -0.25) is 4.79 Å². The molecule has 2 heterocycles. The Balaban J connectivity index is 2.15. The van der Waals surface area contributed by atoms with Gasteiger partial charge in [0.1, 0.15) is 0 Å². The van der Waals surface area contributed by atoms with Crippen molar-refractivity contribution in [2.45, 2.75) is 31.9 Å². The first-order valence-corrected chi connectivity index (χ1v) is 5.27. The molecule has 1 amide bonds. The highest BCUT2D eigenvalue weighted by Crippen LogP contribution is 2.32. The number of amides is 1. The van der Waals surface area contributed by atoms with Crippen molar-refractivity contribution >= 4 is 5.91 Å². The van der Waals surface area contributed by atoms with E-state index in [-0.39, 0.29) is 17.6 Å². The van der Waals surface area contributed by atoms with Crippen molar-refractivity contribution in [3.05, 3.63) is 0 Å². The van der Waals surface area contributed by atoms with Gasteiger partial charge in [0.15, 0.2) is 0 Å². The molecule has 2 unspecified atom stereocenters. The number of nitrogens with one attached hydrogen (secondary N) is 1. The molecule has 80 valence electrons. The zero-order valence-corrected chi connectivity index (χ0v) is 8.88. The molecule has 2 fully saturated rings. The van der Waals surface area contributed by atoms with Crippen molar-refractivity contribution in [3.8, 4) is 0 Å². The zero-order valence-electron chi connectivity index (χ0n) is 8.88. The van der Waals surface area contributed by atoms with E-state index in [2.05, 4.69) is 19.2 Å². The topological polar surface area (TPSA) is 41.6 Å². The molecule has 2 rings (SSSR count). The lowest BCUT2D eigenvalue weighted by atomic mass is 9.91. The molecule has 2 aliphatic rings. The minimum atomic E-state index is -0.0841. The van der Waals surface area contributed by atoms with Crippen LogP contribution in [-0.2, 0) is 9.53 Å². The Morgan fingerprint density at radius 3 is 3.00 bits per heavy atom. The molecule has 0 saturated carbocycles. The normalized spacial score (nSPS) is 39.1. The van der Waals surface area contributed by atoms with Crippen molar-refractivity contribution in [2.75, 3.05) is 26.2 Å². The third kappa shape index (κ3) is 1.42. The number of rotatable bonds is 1. The summed E-state index contributed by atoms with van der Waals surface area (Å²) >= 11 is 0. The van der Waals surface area contributed by atoms with Gasteiger partial charge in [0.25, 0.3) is 0 Å². The van der Waals surface area contributed by atoms with Gasteiger partial charge in [0, 0.05) is 19.7 Å². The first-order chi connectivity index (χ1) is 6.64. The smallest absolute Gasteiger partial charge is 0.237 e. The Hall–Kier alpha value is -0.610. The van der Waals surface area contributed by atoms with Crippen molar-refractivity contribution in [1.82, 2.24) is 10.2 Å². The molecule has 14 heavy (non-hydrogen) atoms. The number of hydrogen-bond donors (Lipinski definition) is 1. The minimum Gasteiger partial charge on any atom is -0.376 e. The molecule has 2 atom stereocenters. The lowest BCUT2D eigenvalue weighted by molar-refractivity contribution is -0.140. The van der Waals surface area contributed by atoms with Crippen LogP contribution >= 0.6 is 0 Å². The first-order valence-electron chi connectivity index (χ1n) is 5.27. The quantitative estimate of drug-likeness (QED) is 0.644. The fourth-order valence-corrected chi connectivity index (χ4v) is 2.33. The lowest BCUT2D eigenvalue weighted by Gasteiger charge is -2.42. The number of nitrogens with zero attached hydrogens (tertiary/aromatic N) is 1. The fourth-order valence-electron chi connectivity index (χ4n) is 2.33. The van der Waals surface area contributed by atoms with Crippen LogP contribution in [0.1, 0.15) is 20.3 Å². The van der Waals surface area contributed by atoms with E-state index in [1.807, 2.05) is 4.90 Å². The van der Waals surface area contributed by atoms with Crippen molar-refractivity contribution in [3.63, 3.8) is 0 Å². The van der Waals surface area contributed by atoms with Gasteiger partial charge in [-0.25, -0.2) is 0 Å². The fraction of sp³-hybridized carbons (Fsp3) is 0.900. The summed E-state index contributed by atoms with van der Waals surface area (Å²) in [5.74, 6) is 0.205. The van der Waals surface area contributed by atoms with Crippen LogP contribution in [0.25, 0.3) is 0 Å². The summed E-state index contributed by atoms with van der Waals surface area (Å²) in [6.45, 7) is 7.14. The minimum absolute atomic E-state index is 0.0841. The zero-order chi connectivity index (χ0) is 10.2. The summed E-state index contributed by atoms with van der Waals surface area (Å²) in [5, 5.41) is 3.09. The third-order valence-electron chi connectivity index (χ3n) is 3.56. The van der Waals surface area contributed by atoms with E-state index in [0.29, 0.717) is 6.54 Å². The van der Waals surface area contributed by atoms with Gasteiger partial charge in [-0.1, -0.05) is 0 Å². The van der Waals surface area contributed by atoms with Gasteiger partial charge >= 0.3 is 0 Å². The summed E-state index contributed by atoms with van der Waals surface area (Å²) in [4.78, 5) is 13.7. The van der Waals surface area contributed by atoms with E-state index in [9.17, 15) is 4.79 Å². The Bertz CT molecular complexity index is 244. The second-order valence-corrected chi connectivity index (χ2v) is 4.34. The second kappa shape index (κ2) is 3.51. The molecule has 2 aliphatic heterocycles. The molecule has 0 spiro atoms. The maximum atomic E-state index is 11.7. The summed E-state index contributed by atoms with van der Waals surface area (Å²) in [7, 11) is 0. The Morgan fingerprint density at radius 1 is 1.64 bits per heavy atom. The van der Waals surface area contributed by atoms with Crippen molar-refractivity contribution in [1.29, 1.82) is 0 Å². The van der Waals surface area contributed by atoms with Crippen molar-refractivity contribution < 1.29 is 9.53 Å². The predicted octanol–water partition coefficient (Wildman–Crippen LogP) is -0.0143. The molecule has 0 aromatic rings. The van der Waals surface area contributed by atoms with Crippen LogP contribution < -0.4 is 5.32 Å². The highest BCUT2D eigenvalue weighted by atomic mass is 16.5. The summed E-state index contributed by atoms with van der Waals surface area (Å²) < 4.78 is 5.56. The number of carbonyl (C=O) groups excluding carboxylic acids is 1. The highest BCUT2D eigenvalue weighted by molar-refractivity contribution is 5.80. The maximum absolute atomic E-state index is 11.7. The van der Waals surface area contributed by atoms with Gasteiger partial charge in [-0.05, 0) is 20.3 Å². The van der Waals surface area contributed by atoms with E-state index in [1.165, 1.54) is 0 Å². The monoisotopic (exact) mass is 198 g/mol. The van der Waals surface area contributed by atoms with E-state index in [4.69, 9.17) is 4.74 Å². The van der Waals surface area contributed by atoms with Crippen LogP contribution in [0.4, 0.5) is 0 Å². The molecule has 0 aromatic carbocycles. The Kier molecular flexibility index (Phi) is 2.49. The number of piperazine rings is 1. The van der Waals surface area contributed by atoms with Crippen LogP contribution in [0, 0.1) is 0 Å². The average Bonchev–Trinajstić information content (AvgIpc) is 2.49. The highest BCUT2D eigenvalue weighted by Gasteiger charge is 2.44. The molecule has 4 heteroatoms. The van der Waals surface area contributed by atoms with E-state index in [0.717, 1.165) is 26.1 Å². The SMILES string of the molecule is CC1OCCC1(C)N1CCNCC1=O. The largest absolute Gasteiger partial charge is 0.376 e.